The Morgan fingerprint density at radius 2 is 1.81 bits per heavy atom. The Balaban J connectivity index is 1.59. The third-order valence-corrected chi connectivity index (χ3v) is 6.93. The van der Waals surface area contributed by atoms with Gasteiger partial charge in [-0.05, 0) is 43.3 Å². The normalized spacial score (nSPS) is 12.2. The van der Waals surface area contributed by atoms with E-state index >= 15 is 0 Å². The van der Waals surface area contributed by atoms with Crippen molar-refractivity contribution in [1.82, 2.24) is 14.9 Å². The van der Waals surface area contributed by atoms with Crippen LogP contribution in [0.3, 0.4) is 0 Å². The molecular weight excluding hydrogens is 464 g/mol. The molecule has 0 bridgehead atoms. The molecule has 0 aliphatic carbocycles. The summed E-state index contributed by atoms with van der Waals surface area (Å²) in [5.74, 6) is 0.588. The molecule has 0 saturated heterocycles. The summed E-state index contributed by atoms with van der Waals surface area (Å²) in [6.07, 6.45) is 0. The molecule has 1 amide bonds. The Morgan fingerprint density at radius 3 is 2.48 bits per heavy atom. The van der Waals surface area contributed by atoms with Crippen molar-refractivity contribution in [1.29, 1.82) is 0 Å². The first-order valence-corrected chi connectivity index (χ1v) is 11.6. The highest BCUT2D eigenvalue weighted by atomic mass is 35.5. The van der Waals surface area contributed by atoms with Gasteiger partial charge in [-0.2, -0.15) is 0 Å². The number of ether oxygens (including phenoxy) is 2. The van der Waals surface area contributed by atoms with Crippen LogP contribution < -0.4 is 19.5 Å². The number of sulfonamides is 1. The Labute approximate surface area is 188 Å². The lowest BCUT2D eigenvalue weighted by molar-refractivity contribution is 0.102. The van der Waals surface area contributed by atoms with Gasteiger partial charge in [0.25, 0.3) is 15.9 Å². The number of carbonyl (C=O) groups is 1. The maximum Gasteiger partial charge on any atom is 0.270 e. The van der Waals surface area contributed by atoms with Gasteiger partial charge in [-0.3, -0.25) is 10.1 Å². The molecule has 31 heavy (non-hydrogen) atoms. The number of methoxy groups -OCH3 is 1. The van der Waals surface area contributed by atoms with E-state index < -0.39 is 22.0 Å². The summed E-state index contributed by atoms with van der Waals surface area (Å²) in [5, 5.41) is 10.5. The minimum Gasteiger partial charge on any atom is -0.493 e. The molecule has 0 aliphatic rings. The van der Waals surface area contributed by atoms with Crippen LogP contribution in [0.5, 0.6) is 11.5 Å². The summed E-state index contributed by atoms with van der Waals surface area (Å²) in [6.45, 7) is 1.72. The smallest absolute Gasteiger partial charge is 0.270 e. The van der Waals surface area contributed by atoms with Gasteiger partial charge in [-0.1, -0.05) is 35.1 Å². The zero-order valence-corrected chi connectivity index (χ0v) is 18.9. The second-order valence-electron chi connectivity index (χ2n) is 6.32. The van der Waals surface area contributed by atoms with Crippen molar-refractivity contribution in [3.05, 3.63) is 59.1 Å². The monoisotopic (exact) mass is 482 g/mol. The van der Waals surface area contributed by atoms with Crippen LogP contribution >= 0.6 is 22.9 Å². The van der Waals surface area contributed by atoms with Gasteiger partial charge in [0.2, 0.25) is 9.47 Å². The zero-order valence-electron chi connectivity index (χ0n) is 16.5. The van der Waals surface area contributed by atoms with Gasteiger partial charge in [0, 0.05) is 10.6 Å². The molecule has 1 heterocycles. The van der Waals surface area contributed by atoms with Gasteiger partial charge in [0.05, 0.1) is 13.2 Å². The van der Waals surface area contributed by atoms with Crippen LogP contribution in [0.4, 0.5) is 5.13 Å². The predicted molar refractivity (Wildman–Crippen MR) is 118 cm³/mol. The second-order valence-corrected chi connectivity index (χ2v) is 9.62. The van der Waals surface area contributed by atoms with Crippen molar-refractivity contribution in [2.75, 3.05) is 19.0 Å². The number of hydrogen-bond acceptors (Lipinski definition) is 8. The highest BCUT2D eigenvalue weighted by molar-refractivity contribution is 7.91. The summed E-state index contributed by atoms with van der Waals surface area (Å²) >= 11 is 6.54. The number of halogens is 1. The van der Waals surface area contributed by atoms with Gasteiger partial charge in [-0.15, -0.1) is 10.2 Å². The number of aromatic nitrogens is 2. The molecule has 0 fully saturated rings. The molecular formula is C19H19ClN4O5S2. The molecule has 2 N–H and O–H groups in total. The Hall–Kier alpha value is -2.73. The molecule has 9 nitrogen and oxygen atoms in total. The number of rotatable bonds is 9. The Kier molecular flexibility index (Phi) is 7.44. The van der Waals surface area contributed by atoms with Crippen molar-refractivity contribution in [2.45, 2.75) is 17.3 Å². The molecule has 0 aliphatic heterocycles. The fourth-order valence-electron chi connectivity index (χ4n) is 2.44. The maximum absolute atomic E-state index is 12.6. The van der Waals surface area contributed by atoms with Gasteiger partial charge in [0.1, 0.15) is 6.61 Å². The molecule has 0 saturated carbocycles. The van der Waals surface area contributed by atoms with Gasteiger partial charge in [-0.25, -0.2) is 13.1 Å². The minimum absolute atomic E-state index is 0.0539. The van der Waals surface area contributed by atoms with E-state index in [2.05, 4.69) is 20.2 Å². The highest BCUT2D eigenvalue weighted by Crippen LogP contribution is 2.26. The SMILES string of the molecule is COc1ccccc1OC[C@@H](C)NS(=O)(=O)c1nnc(NC(=O)c2ccc(Cl)cc2)s1. The van der Waals surface area contributed by atoms with Crippen molar-refractivity contribution >= 4 is 44.0 Å². The van der Waals surface area contributed by atoms with Crippen LogP contribution in [0.2, 0.25) is 5.02 Å². The number of hydrogen-bond donors (Lipinski definition) is 2. The van der Waals surface area contributed by atoms with E-state index in [9.17, 15) is 13.2 Å². The van der Waals surface area contributed by atoms with Crippen LogP contribution in [-0.2, 0) is 10.0 Å². The first-order chi connectivity index (χ1) is 14.8. The standard InChI is InChI=1S/C19H19ClN4O5S2/c1-12(11-29-16-6-4-3-5-15(16)28-2)24-31(26,27)19-23-22-18(30-19)21-17(25)13-7-9-14(20)10-8-13/h3-10,12,24H,11H2,1-2H3,(H,21,22,25)/t12-/m1/s1. The lowest BCUT2D eigenvalue weighted by Crippen LogP contribution is -2.36. The molecule has 0 unspecified atom stereocenters. The molecule has 1 aromatic heterocycles. The highest BCUT2D eigenvalue weighted by Gasteiger charge is 2.23. The third kappa shape index (κ3) is 6.14. The number of nitrogens with one attached hydrogen (secondary N) is 2. The largest absolute Gasteiger partial charge is 0.493 e. The first kappa shape index (κ1) is 22.9. The molecule has 3 rings (SSSR count). The summed E-state index contributed by atoms with van der Waals surface area (Å²) < 4.78 is 38.2. The summed E-state index contributed by atoms with van der Waals surface area (Å²) in [6, 6.07) is 12.7. The molecule has 2 aromatic carbocycles. The quantitative estimate of drug-likeness (QED) is 0.449. The number of carbonyl (C=O) groups excluding carboxylic acids is 1. The van der Waals surface area contributed by atoms with Gasteiger partial charge >= 0.3 is 0 Å². The summed E-state index contributed by atoms with van der Waals surface area (Å²) in [5.41, 5.74) is 0.351. The van der Waals surface area contributed by atoms with E-state index in [-0.39, 0.29) is 16.1 Å². The predicted octanol–water partition coefficient (Wildman–Crippen LogP) is 3.20. The molecule has 0 spiro atoms. The zero-order chi connectivity index (χ0) is 22.4. The topological polar surface area (TPSA) is 120 Å². The van der Waals surface area contributed by atoms with Crippen molar-refractivity contribution in [3.63, 3.8) is 0 Å². The third-order valence-electron chi connectivity index (χ3n) is 3.88. The minimum atomic E-state index is -3.95. The number of para-hydroxylation sites is 2. The fraction of sp³-hybridized carbons (Fsp3) is 0.211. The van der Waals surface area contributed by atoms with Gasteiger partial charge < -0.3 is 9.47 Å². The molecule has 12 heteroatoms. The number of benzene rings is 2. The van der Waals surface area contributed by atoms with Crippen LogP contribution in [0, 0.1) is 0 Å². The summed E-state index contributed by atoms with van der Waals surface area (Å²) in [7, 11) is -2.43. The molecule has 164 valence electrons. The summed E-state index contributed by atoms with van der Waals surface area (Å²) in [4.78, 5) is 12.2. The number of anilines is 1. The van der Waals surface area contributed by atoms with Crippen LogP contribution in [0.1, 0.15) is 17.3 Å². The van der Waals surface area contributed by atoms with E-state index in [4.69, 9.17) is 21.1 Å². The van der Waals surface area contributed by atoms with Crippen molar-refractivity contribution in [2.24, 2.45) is 0 Å². The van der Waals surface area contributed by atoms with E-state index in [1.54, 1.807) is 55.5 Å². The van der Waals surface area contributed by atoms with Crippen LogP contribution in [0.25, 0.3) is 0 Å². The average Bonchev–Trinajstić information content (AvgIpc) is 3.22. The second kappa shape index (κ2) is 10.1. The Morgan fingerprint density at radius 1 is 1.13 bits per heavy atom. The first-order valence-electron chi connectivity index (χ1n) is 8.97. The lowest BCUT2D eigenvalue weighted by atomic mass is 10.2. The van der Waals surface area contributed by atoms with E-state index in [1.807, 2.05) is 0 Å². The van der Waals surface area contributed by atoms with Crippen LogP contribution in [0.15, 0.2) is 52.9 Å². The molecule has 0 radical (unpaired) electrons. The van der Waals surface area contributed by atoms with E-state index in [0.29, 0.717) is 22.1 Å². The number of nitrogens with zero attached hydrogens (tertiary/aromatic N) is 2. The lowest BCUT2D eigenvalue weighted by Gasteiger charge is -2.15. The Bertz CT molecular complexity index is 1150. The fourth-order valence-corrected chi connectivity index (χ4v) is 4.71. The van der Waals surface area contributed by atoms with Crippen molar-refractivity contribution in [3.8, 4) is 11.5 Å². The average molecular weight is 483 g/mol. The molecule has 1 atom stereocenters. The van der Waals surface area contributed by atoms with Crippen molar-refractivity contribution < 1.29 is 22.7 Å². The number of amides is 1. The van der Waals surface area contributed by atoms with Crippen LogP contribution in [-0.4, -0.2) is 44.3 Å². The van der Waals surface area contributed by atoms with E-state index in [0.717, 1.165) is 11.3 Å². The van der Waals surface area contributed by atoms with Gasteiger partial charge in [0.15, 0.2) is 11.5 Å². The molecule has 3 aromatic rings. The maximum atomic E-state index is 12.6. The van der Waals surface area contributed by atoms with E-state index in [1.165, 1.54) is 7.11 Å².